The van der Waals surface area contributed by atoms with Crippen molar-refractivity contribution in [1.29, 1.82) is 0 Å². The number of anilines is 1. The Kier molecular flexibility index (Phi) is 7.80. The fourth-order valence-corrected chi connectivity index (χ4v) is 4.80. The Hall–Kier alpha value is -3.97. The molecule has 0 saturated carbocycles. The molecule has 5 nitrogen and oxygen atoms in total. The normalized spacial score (nSPS) is 11.2. The lowest BCUT2D eigenvalue weighted by atomic mass is 10.1. The number of amides is 1. The van der Waals surface area contributed by atoms with Gasteiger partial charge in [-0.2, -0.15) is 0 Å². The summed E-state index contributed by atoms with van der Waals surface area (Å²) in [7, 11) is -3.61. The van der Waals surface area contributed by atoms with Gasteiger partial charge in [-0.1, -0.05) is 72.8 Å². The van der Waals surface area contributed by atoms with Gasteiger partial charge in [-0.05, 0) is 53.1 Å². The third-order valence-electron chi connectivity index (χ3n) is 5.76. The van der Waals surface area contributed by atoms with Gasteiger partial charge in [-0.3, -0.25) is 9.10 Å². The molecule has 4 rings (SSSR count). The molecule has 0 unspecified atom stereocenters. The Morgan fingerprint density at radius 3 is 1.61 bits per heavy atom. The molecule has 0 spiro atoms. The fraction of sp³-hybridized carbons (Fsp3) is 0.138. The first-order chi connectivity index (χ1) is 17.3. The van der Waals surface area contributed by atoms with Crippen molar-refractivity contribution in [3.8, 4) is 0 Å². The SMILES string of the molecule is CS(=O)(=O)N(Cc1ccc(F)cc1)c1ccc(C(=O)N(Cc2ccccc2)Cc2ccccc2)cc1. The second-order valence-corrected chi connectivity index (χ2v) is 10.5. The van der Waals surface area contributed by atoms with Crippen LogP contribution in [0, 0.1) is 5.82 Å². The predicted octanol–water partition coefficient (Wildman–Crippen LogP) is 5.63. The van der Waals surface area contributed by atoms with Crippen LogP contribution in [0.15, 0.2) is 109 Å². The first kappa shape index (κ1) is 25.1. The van der Waals surface area contributed by atoms with Gasteiger partial charge in [0.05, 0.1) is 18.5 Å². The number of nitrogens with zero attached hydrogens (tertiary/aromatic N) is 2. The zero-order valence-corrected chi connectivity index (χ0v) is 20.7. The van der Waals surface area contributed by atoms with Gasteiger partial charge in [0.1, 0.15) is 5.82 Å². The van der Waals surface area contributed by atoms with Crippen LogP contribution in [-0.2, 0) is 29.7 Å². The molecule has 0 radical (unpaired) electrons. The molecule has 0 N–H and O–H groups in total. The Morgan fingerprint density at radius 1 is 0.667 bits per heavy atom. The molecule has 7 heteroatoms. The fourth-order valence-electron chi connectivity index (χ4n) is 3.92. The van der Waals surface area contributed by atoms with Crippen LogP contribution in [0.4, 0.5) is 10.1 Å². The Bertz CT molecular complexity index is 1350. The van der Waals surface area contributed by atoms with E-state index in [1.807, 2.05) is 60.7 Å². The van der Waals surface area contributed by atoms with Gasteiger partial charge in [0.25, 0.3) is 5.91 Å². The maximum Gasteiger partial charge on any atom is 0.254 e. The van der Waals surface area contributed by atoms with Gasteiger partial charge >= 0.3 is 0 Å². The molecule has 0 heterocycles. The van der Waals surface area contributed by atoms with Crippen molar-refractivity contribution in [2.75, 3.05) is 10.6 Å². The summed E-state index contributed by atoms with van der Waals surface area (Å²) in [6.07, 6.45) is 1.12. The molecule has 0 bridgehead atoms. The van der Waals surface area contributed by atoms with Crippen molar-refractivity contribution in [1.82, 2.24) is 4.90 Å². The van der Waals surface area contributed by atoms with Crippen LogP contribution in [0.3, 0.4) is 0 Å². The first-order valence-electron chi connectivity index (χ1n) is 11.5. The van der Waals surface area contributed by atoms with Gasteiger partial charge in [0.2, 0.25) is 10.0 Å². The zero-order chi connectivity index (χ0) is 25.5. The van der Waals surface area contributed by atoms with E-state index in [4.69, 9.17) is 0 Å². The molecule has 0 aromatic heterocycles. The lowest BCUT2D eigenvalue weighted by Gasteiger charge is -2.25. The molecule has 184 valence electrons. The minimum Gasteiger partial charge on any atom is -0.330 e. The van der Waals surface area contributed by atoms with E-state index in [2.05, 4.69) is 0 Å². The van der Waals surface area contributed by atoms with Crippen molar-refractivity contribution in [3.63, 3.8) is 0 Å². The highest BCUT2D eigenvalue weighted by molar-refractivity contribution is 7.92. The molecule has 0 aliphatic heterocycles. The molecule has 0 fully saturated rings. The van der Waals surface area contributed by atoms with E-state index in [1.165, 1.54) is 16.4 Å². The van der Waals surface area contributed by atoms with E-state index in [0.29, 0.717) is 29.9 Å². The number of hydrogen-bond acceptors (Lipinski definition) is 3. The standard InChI is InChI=1S/C29H27FN2O3S/c1-36(34,35)32(22-25-12-16-27(30)17-13-25)28-18-14-26(15-19-28)29(33)31(20-23-8-4-2-5-9-23)21-24-10-6-3-7-11-24/h2-19H,20-22H2,1H3. The van der Waals surface area contributed by atoms with E-state index in [-0.39, 0.29) is 18.3 Å². The van der Waals surface area contributed by atoms with Crippen LogP contribution < -0.4 is 4.31 Å². The molecule has 4 aromatic carbocycles. The number of carbonyl (C=O) groups is 1. The molecule has 0 saturated heterocycles. The Morgan fingerprint density at radius 2 is 1.14 bits per heavy atom. The summed E-state index contributed by atoms with van der Waals surface area (Å²) in [5.74, 6) is -0.540. The molecule has 0 aliphatic carbocycles. The van der Waals surface area contributed by atoms with Crippen LogP contribution in [0.1, 0.15) is 27.0 Å². The summed E-state index contributed by atoms with van der Waals surface area (Å²) in [5, 5.41) is 0. The second kappa shape index (κ2) is 11.2. The third-order valence-corrected chi connectivity index (χ3v) is 6.90. The molecule has 36 heavy (non-hydrogen) atoms. The van der Waals surface area contributed by atoms with Gasteiger partial charge in [-0.15, -0.1) is 0 Å². The van der Waals surface area contributed by atoms with Gasteiger partial charge in [0.15, 0.2) is 0 Å². The lowest BCUT2D eigenvalue weighted by molar-refractivity contribution is 0.0730. The van der Waals surface area contributed by atoms with Crippen molar-refractivity contribution in [3.05, 3.63) is 137 Å². The van der Waals surface area contributed by atoms with E-state index in [1.54, 1.807) is 41.3 Å². The largest absolute Gasteiger partial charge is 0.330 e. The topological polar surface area (TPSA) is 57.7 Å². The molecule has 0 atom stereocenters. The van der Waals surface area contributed by atoms with Crippen molar-refractivity contribution in [2.24, 2.45) is 0 Å². The molecule has 4 aromatic rings. The summed E-state index contributed by atoms with van der Waals surface area (Å²) >= 11 is 0. The second-order valence-electron chi connectivity index (χ2n) is 8.58. The minimum absolute atomic E-state index is 0.0561. The van der Waals surface area contributed by atoms with E-state index >= 15 is 0 Å². The summed E-state index contributed by atoms with van der Waals surface area (Å²) in [6, 6.07) is 31.8. The number of sulfonamides is 1. The first-order valence-corrected chi connectivity index (χ1v) is 13.3. The van der Waals surface area contributed by atoms with Gasteiger partial charge < -0.3 is 4.90 Å². The smallest absolute Gasteiger partial charge is 0.254 e. The van der Waals surface area contributed by atoms with E-state index in [0.717, 1.165) is 17.4 Å². The number of halogens is 1. The maximum atomic E-state index is 13.5. The molecule has 1 amide bonds. The van der Waals surface area contributed by atoms with Crippen molar-refractivity contribution >= 4 is 21.6 Å². The van der Waals surface area contributed by atoms with Gasteiger partial charge in [-0.25, -0.2) is 12.8 Å². The van der Waals surface area contributed by atoms with E-state index < -0.39 is 10.0 Å². The van der Waals surface area contributed by atoms with Crippen LogP contribution in [0.2, 0.25) is 0 Å². The molecule has 0 aliphatic rings. The average molecular weight is 503 g/mol. The minimum atomic E-state index is -3.61. The lowest BCUT2D eigenvalue weighted by Crippen LogP contribution is -2.31. The predicted molar refractivity (Wildman–Crippen MR) is 140 cm³/mol. The number of carbonyl (C=O) groups excluding carboxylic acids is 1. The van der Waals surface area contributed by atoms with Crippen LogP contribution in [0.25, 0.3) is 0 Å². The Balaban J connectivity index is 1.58. The Labute approximate surface area is 211 Å². The number of rotatable bonds is 9. The quantitative estimate of drug-likeness (QED) is 0.298. The van der Waals surface area contributed by atoms with E-state index in [9.17, 15) is 17.6 Å². The zero-order valence-electron chi connectivity index (χ0n) is 19.9. The number of benzene rings is 4. The van der Waals surface area contributed by atoms with Crippen molar-refractivity contribution < 1.29 is 17.6 Å². The number of hydrogen-bond donors (Lipinski definition) is 0. The molecular formula is C29H27FN2O3S. The highest BCUT2D eigenvalue weighted by Gasteiger charge is 2.21. The summed E-state index contributed by atoms with van der Waals surface area (Å²) in [6.45, 7) is 0.938. The highest BCUT2D eigenvalue weighted by atomic mass is 32.2. The van der Waals surface area contributed by atoms with Crippen LogP contribution >= 0.6 is 0 Å². The van der Waals surface area contributed by atoms with Crippen LogP contribution in [0.5, 0.6) is 0 Å². The summed E-state index contributed by atoms with van der Waals surface area (Å²) < 4.78 is 39.5. The summed E-state index contributed by atoms with van der Waals surface area (Å²) in [4.78, 5) is 15.3. The highest BCUT2D eigenvalue weighted by Crippen LogP contribution is 2.23. The monoisotopic (exact) mass is 502 g/mol. The maximum absolute atomic E-state index is 13.5. The van der Waals surface area contributed by atoms with Crippen molar-refractivity contribution in [2.45, 2.75) is 19.6 Å². The third kappa shape index (κ3) is 6.58. The summed E-state index contributed by atoms with van der Waals surface area (Å²) in [5.41, 5.74) is 3.57. The van der Waals surface area contributed by atoms with Crippen LogP contribution in [-0.4, -0.2) is 25.5 Å². The average Bonchev–Trinajstić information content (AvgIpc) is 2.88. The molecular weight excluding hydrogens is 475 g/mol. The van der Waals surface area contributed by atoms with Gasteiger partial charge in [0, 0.05) is 18.7 Å².